The van der Waals surface area contributed by atoms with Gasteiger partial charge in [0.15, 0.2) is 5.78 Å². The number of hydrogen-bond donors (Lipinski definition) is 0. The summed E-state index contributed by atoms with van der Waals surface area (Å²) in [5, 5.41) is 0. The van der Waals surface area contributed by atoms with Crippen molar-refractivity contribution in [3.63, 3.8) is 0 Å². The summed E-state index contributed by atoms with van der Waals surface area (Å²) < 4.78 is 22.7. The van der Waals surface area contributed by atoms with Crippen LogP contribution in [0.25, 0.3) is 6.08 Å². The lowest BCUT2D eigenvalue weighted by molar-refractivity contribution is 0.270. The van der Waals surface area contributed by atoms with Gasteiger partial charge in [-0.25, -0.2) is 4.99 Å². The number of rotatable bonds is 3. The predicted octanol–water partition coefficient (Wildman–Crippen LogP) is 2.83. The van der Waals surface area contributed by atoms with Crippen LogP contribution in [-0.4, -0.2) is 44.8 Å². The van der Waals surface area contributed by atoms with Crippen molar-refractivity contribution in [1.82, 2.24) is 4.90 Å². The van der Waals surface area contributed by atoms with Crippen molar-refractivity contribution in [2.24, 2.45) is 4.99 Å². The fourth-order valence-electron chi connectivity index (χ4n) is 2.10. The van der Waals surface area contributed by atoms with Crippen LogP contribution in [-0.2, 0) is 13.6 Å². The summed E-state index contributed by atoms with van der Waals surface area (Å²) in [5.41, 5.74) is 2.02. The van der Waals surface area contributed by atoms with Crippen molar-refractivity contribution < 1.29 is 13.6 Å². The minimum absolute atomic E-state index is 0.651. The Morgan fingerprint density at radius 1 is 1.20 bits per heavy atom. The molecule has 0 aliphatic carbocycles. The maximum absolute atomic E-state index is 12.6. The van der Waals surface area contributed by atoms with Crippen molar-refractivity contribution in [3.8, 4) is 0 Å². The van der Waals surface area contributed by atoms with E-state index in [4.69, 9.17) is 9.05 Å². The van der Waals surface area contributed by atoms with Gasteiger partial charge in [-0.05, 0) is 11.6 Å². The Balaban J connectivity index is 2.57. The van der Waals surface area contributed by atoms with Crippen molar-refractivity contribution in [1.29, 1.82) is 0 Å². The largest absolute Gasteiger partial charge is 0.362 e. The molecule has 0 spiro atoms. The Bertz CT molecular complexity index is 588. The van der Waals surface area contributed by atoms with E-state index in [9.17, 15) is 4.57 Å². The average molecular weight is 294 g/mol. The lowest BCUT2D eigenvalue weighted by Crippen LogP contribution is -2.25. The Labute approximate surface area is 119 Å². The quantitative estimate of drug-likeness (QED) is 0.804. The maximum atomic E-state index is 12.6. The molecule has 1 aliphatic rings. The van der Waals surface area contributed by atoms with Crippen molar-refractivity contribution in [2.45, 2.75) is 5.78 Å². The number of aliphatic imine (C=N–C) groups is 1. The van der Waals surface area contributed by atoms with Gasteiger partial charge >= 0.3 is 7.60 Å². The highest BCUT2D eigenvalue weighted by Crippen LogP contribution is 2.53. The predicted molar refractivity (Wildman–Crippen MR) is 81.1 cm³/mol. The molecule has 0 saturated heterocycles. The molecule has 0 bridgehead atoms. The third-order valence-electron chi connectivity index (χ3n) is 3.16. The first-order valence-electron chi connectivity index (χ1n) is 6.25. The van der Waals surface area contributed by atoms with E-state index in [2.05, 4.69) is 4.99 Å². The summed E-state index contributed by atoms with van der Waals surface area (Å²) in [7, 11) is 3.27. The molecule has 1 heterocycles. The van der Waals surface area contributed by atoms with Gasteiger partial charge in [-0.2, -0.15) is 0 Å². The molecule has 0 saturated carbocycles. The fraction of sp³-hybridized carbons (Fsp3) is 0.357. The number of fused-ring (bicyclic) bond motifs is 1. The van der Waals surface area contributed by atoms with Crippen LogP contribution in [0.3, 0.4) is 0 Å². The summed E-state index contributed by atoms with van der Waals surface area (Å²) in [6.07, 6.45) is 3.67. The molecule has 108 valence electrons. The summed E-state index contributed by atoms with van der Waals surface area (Å²) in [4.78, 5) is 6.47. The zero-order chi connectivity index (χ0) is 14.8. The molecule has 0 aromatic heterocycles. The van der Waals surface area contributed by atoms with E-state index in [1.54, 1.807) is 6.08 Å². The SMILES string of the molecule is COP(=O)(OC)C1C=Cc2ccccc2C(N(C)C)=N1. The van der Waals surface area contributed by atoms with E-state index in [0.29, 0.717) is 0 Å². The fourth-order valence-corrected chi connectivity index (χ4v) is 3.23. The molecule has 1 aliphatic heterocycles. The van der Waals surface area contributed by atoms with E-state index >= 15 is 0 Å². The van der Waals surface area contributed by atoms with Crippen LogP contribution in [0.1, 0.15) is 11.1 Å². The third kappa shape index (κ3) is 2.70. The second-order valence-corrected chi connectivity index (χ2v) is 6.95. The molecular formula is C14H19N2O3P. The molecule has 0 fully saturated rings. The van der Waals surface area contributed by atoms with Crippen LogP contribution in [0.15, 0.2) is 35.3 Å². The Morgan fingerprint density at radius 3 is 2.45 bits per heavy atom. The molecule has 1 aromatic rings. The number of benzene rings is 1. The van der Waals surface area contributed by atoms with E-state index in [-0.39, 0.29) is 0 Å². The summed E-state index contributed by atoms with van der Waals surface area (Å²) in [6.45, 7) is 0. The van der Waals surface area contributed by atoms with Gasteiger partial charge < -0.3 is 13.9 Å². The molecule has 1 aromatic carbocycles. The van der Waals surface area contributed by atoms with E-state index in [0.717, 1.165) is 17.0 Å². The highest BCUT2D eigenvalue weighted by molar-refractivity contribution is 7.54. The second-order valence-electron chi connectivity index (χ2n) is 4.61. The van der Waals surface area contributed by atoms with Gasteiger partial charge in [0.1, 0.15) is 5.84 Å². The Morgan fingerprint density at radius 2 is 1.85 bits per heavy atom. The van der Waals surface area contributed by atoms with Crippen LogP contribution in [0.2, 0.25) is 0 Å². The van der Waals surface area contributed by atoms with Crippen molar-refractivity contribution >= 4 is 19.5 Å². The molecule has 1 unspecified atom stereocenters. The molecule has 6 heteroatoms. The molecule has 5 nitrogen and oxygen atoms in total. The Kier molecular flexibility index (Phi) is 4.43. The van der Waals surface area contributed by atoms with Crippen LogP contribution in [0.5, 0.6) is 0 Å². The topological polar surface area (TPSA) is 51.1 Å². The minimum Gasteiger partial charge on any atom is -0.362 e. The number of nitrogens with zero attached hydrogens (tertiary/aromatic N) is 2. The molecular weight excluding hydrogens is 275 g/mol. The van der Waals surface area contributed by atoms with E-state index < -0.39 is 13.4 Å². The highest BCUT2D eigenvalue weighted by atomic mass is 31.2. The molecule has 0 radical (unpaired) electrons. The van der Waals surface area contributed by atoms with Crippen LogP contribution >= 0.6 is 7.60 Å². The molecule has 2 rings (SSSR count). The zero-order valence-corrected chi connectivity index (χ0v) is 13.0. The van der Waals surface area contributed by atoms with Crippen LogP contribution < -0.4 is 0 Å². The third-order valence-corrected chi connectivity index (χ3v) is 5.11. The smallest absolute Gasteiger partial charge is 0.358 e. The highest BCUT2D eigenvalue weighted by Gasteiger charge is 2.33. The van der Waals surface area contributed by atoms with E-state index in [1.165, 1.54) is 14.2 Å². The number of amidine groups is 1. The van der Waals surface area contributed by atoms with Crippen LogP contribution in [0, 0.1) is 0 Å². The summed E-state index contributed by atoms with van der Waals surface area (Å²) in [6, 6.07) is 7.91. The average Bonchev–Trinajstić information content (AvgIpc) is 2.66. The van der Waals surface area contributed by atoms with Gasteiger partial charge in [-0.15, -0.1) is 0 Å². The first-order chi connectivity index (χ1) is 9.51. The molecule has 1 atom stereocenters. The maximum Gasteiger partial charge on any atom is 0.358 e. The van der Waals surface area contributed by atoms with Gasteiger partial charge in [-0.1, -0.05) is 30.3 Å². The normalized spacial score (nSPS) is 18.2. The van der Waals surface area contributed by atoms with Crippen molar-refractivity contribution in [3.05, 3.63) is 41.5 Å². The number of hydrogen-bond acceptors (Lipinski definition) is 5. The molecule has 0 N–H and O–H groups in total. The summed E-state index contributed by atoms with van der Waals surface area (Å²) >= 11 is 0. The van der Waals surface area contributed by atoms with E-state index in [1.807, 2.05) is 49.3 Å². The van der Waals surface area contributed by atoms with Crippen LogP contribution in [0.4, 0.5) is 0 Å². The zero-order valence-electron chi connectivity index (χ0n) is 12.1. The standard InChI is InChI=1S/C14H19N2O3P/c1-16(2)14-12-8-6-5-7-11(12)9-10-13(15-14)20(17,18-3)19-4/h5-10,13H,1-4H3. The molecule has 0 amide bonds. The monoisotopic (exact) mass is 294 g/mol. The second kappa shape index (κ2) is 5.92. The minimum atomic E-state index is -3.29. The first-order valence-corrected chi connectivity index (χ1v) is 7.87. The lowest BCUT2D eigenvalue weighted by Gasteiger charge is -2.21. The van der Waals surface area contributed by atoms with Gasteiger partial charge in [0.2, 0.25) is 0 Å². The van der Waals surface area contributed by atoms with Gasteiger partial charge in [-0.3, -0.25) is 4.57 Å². The lowest BCUT2D eigenvalue weighted by atomic mass is 10.1. The van der Waals surface area contributed by atoms with Crippen molar-refractivity contribution in [2.75, 3.05) is 28.3 Å². The van der Waals surface area contributed by atoms with Gasteiger partial charge in [0, 0.05) is 33.9 Å². The summed E-state index contributed by atoms with van der Waals surface area (Å²) in [5.74, 6) is 0.104. The Hall–Kier alpha value is -1.42. The molecule has 20 heavy (non-hydrogen) atoms. The van der Waals surface area contributed by atoms with Gasteiger partial charge in [0.05, 0.1) is 0 Å². The first kappa shape index (κ1) is 15.0. The van der Waals surface area contributed by atoms with Gasteiger partial charge in [0.25, 0.3) is 0 Å².